The third-order valence-electron chi connectivity index (χ3n) is 1.27. The van der Waals surface area contributed by atoms with E-state index in [9.17, 15) is 0 Å². The van der Waals surface area contributed by atoms with Gasteiger partial charge in [-0.2, -0.15) is 0 Å². The molecule has 3 heteroatoms. The Morgan fingerprint density at radius 3 is 2.38 bits per heavy atom. The molecule has 3 nitrogen and oxygen atoms in total. The number of nitrogens with one attached hydrogen (secondary N) is 1. The van der Waals surface area contributed by atoms with Gasteiger partial charge in [0.1, 0.15) is 0 Å². The summed E-state index contributed by atoms with van der Waals surface area (Å²) >= 11 is 0. The fourth-order valence-corrected chi connectivity index (χ4v) is 0.751. The molecular weight excluding hydrogens is 102 g/mol. The van der Waals surface area contributed by atoms with Gasteiger partial charge in [-0.3, -0.25) is 5.41 Å². The SMILES string of the molecule is N=CN1CC[N]CC1. The van der Waals surface area contributed by atoms with Crippen LogP contribution < -0.4 is 5.32 Å². The van der Waals surface area contributed by atoms with Gasteiger partial charge in [-0.05, 0) is 0 Å². The van der Waals surface area contributed by atoms with Crippen LogP contribution in [0.5, 0.6) is 0 Å². The Hall–Kier alpha value is -0.570. The van der Waals surface area contributed by atoms with Crippen molar-refractivity contribution in [1.82, 2.24) is 10.2 Å². The first-order valence-corrected chi connectivity index (χ1v) is 2.81. The first kappa shape index (κ1) is 5.56. The molecule has 0 aromatic carbocycles. The molecule has 0 unspecified atom stereocenters. The summed E-state index contributed by atoms with van der Waals surface area (Å²) in [6, 6.07) is 0. The molecular formula is C5H10N3. The van der Waals surface area contributed by atoms with Crippen LogP contribution in [0, 0.1) is 5.41 Å². The summed E-state index contributed by atoms with van der Waals surface area (Å²) in [6.07, 6.45) is 1.38. The van der Waals surface area contributed by atoms with Crippen molar-refractivity contribution in [3.8, 4) is 0 Å². The smallest absolute Gasteiger partial charge is 0.0818 e. The number of hydrogen-bond donors (Lipinski definition) is 1. The molecule has 1 radical (unpaired) electrons. The van der Waals surface area contributed by atoms with E-state index in [2.05, 4.69) is 5.32 Å². The first-order chi connectivity index (χ1) is 3.93. The minimum absolute atomic E-state index is 0.898. The van der Waals surface area contributed by atoms with Gasteiger partial charge in [-0.15, -0.1) is 0 Å². The molecule has 1 heterocycles. The van der Waals surface area contributed by atoms with Crippen LogP contribution in [0.2, 0.25) is 0 Å². The molecule has 0 aromatic rings. The van der Waals surface area contributed by atoms with Crippen LogP contribution in [-0.2, 0) is 0 Å². The van der Waals surface area contributed by atoms with Crippen LogP contribution in [0.4, 0.5) is 0 Å². The van der Waals surface area contributed by atoms with Gasteiger partial charge >= 0.3 is 0 Å². The minimum atomic E-state index is 0.898. The maximum Gasteiger partial charge on any atom is 0.0818 e. The summed E-state index contributed by atoms with van der Waals surface area (Å²) in [6.45, 7) is 3.66. The van der Waals surface area contributed by atoms with E-state index in [4.69, 9.17) is 5.41 Å². The largest absolute Gasteiger partial charge is 0.360 e. The molecule has 0 atom stereocenters. The predicted octanol–water partition coefficient (Wildman–Crippen LogP) is -0.487. The van der Waals surface area contributed by atoms with Crippen LogP contribution in [-0.4, -0.2) is 37.4 Å². The minimum Gasteiger partial charge on any atom is -0.360 e. The zero-order valence-corrected chi connectivity index (χ0v) is 4.80. The Morgan fingerprint density at radius 2 is 2.00 bits per heavy atom. The number of piperazine rings is 1. The Labute approximate surface area is 49.2 Å². The van der Waals surface area contributed by atoms with Crippen LogP contribution in [0.1, 0.15) is 0 Å². The third-order valence-corrected chi connectivity index (χ3v) is 1.27. The van der Waals surface area contributed by atoms with Crippen molar-refractivity contribution in [1.29, 1.82) is 5.41 Å². The number of rotatable bonds is 1. The van der Waals surface area contributed by atoms with Gasteiger partial charge in [0.05, 0.1) is 6.34 Å². The fourth-order valence-electron chi connectivity index (χ4n) is 0.751. The average Bonchev–Trinajstić information content (AvgIpc) is 1.90. The summed E-state index contributed by atoms with van der Waals surface area (Å²) < 4.78 is 0. The fraction of sp³-hybridized carbons (Fsp3) is 0.800. The molecule has 1 saturated heterocycles. The Bertz CT molecular complexity index is 75.7. The lowest BCUT2D eigenvalue weighted by Gasteiger charge is -2.22. The second-order valence-corrected chi connectivity index (χ2v) is 1.84. The van der Waals surface area contributed by atoms with Crippen molar-refractivity contribution in [2.75, 3.05) is 26.2 Å². The standard InChI is InChI=1S/C5H10N3/c6-5-8-3-1-7-2-4-8/h5-6H,1-4H2. The van der Waals surface area contributed by atoms with Crippen LogP contribution in [0.25, 0.3) is 0 Å². The summed E-state index contributed by atoms with van der Waals surface area (Å²) in [4.78, 5) is 1.97. The molecule has 1 rings (SSSR count). The van der Waals surface area contributed by atoms with E-state index in [1.54, 1.807) is 0 Å². The summed E-state index contributed by atoms with van der Waals surface area (Å²) in [5.41, 5.74) is 0. The molecule has 0 bridgehead atoms. The quantitative estimate of drug-likeness (QED) is 0.361. The maximum absolute atomic E-state index is 6.86. The van der Waals surface area contributed by atoms with Crippen molar-refractivity contribution in [2.24, 2.45) is 0 Å². The molecule has 0 aromatic heterocycles. The van der Waals surface area contributed by atoms with Crippen LogP contribution in [0.15, 0.2) is 0 Å². The van der Waals surface area contributed by atoms with E-state index >= 15 is 0 Å². The van der Waals surface area contributed by atoms with E-state index in [0.29, 0.717) is 0 Å². The molecule has 1 aliphatic rings. The van der Waals surface area contributed by atoms with Gasteiger partial charge in [0.2, 0.25) is 0 Å². The summed E-state index contributed by atoms with van der Waals surface area (Å²) in [5, 5.41) is 11.0. The summed E-state index contributed by atoms with van der Waals surface area (Å²) in [5.74, 6) is 0. The highest BCUT2D eigenvalue weighted by Crippen LogP contribution is 1.86. The number of hydrogen-bond acceptors (Lipinski definition) is 1. The van der Waals surface area contributed by atoms with Crippen molar-refractivity contribution in [3.63, 3.8) is 0 Å². The lowest BCUT2D eigenvalue weighted by atomic mass is 10.4. The first-order valence-electron chi connectivity index (χ1n) is 2.81. The monoisotopic (exact) mass is 112 g/mol. The van der Waals surface area contributed by atoms with Crippen molar-refractivity contribution in [3.05, 3.63) is 0 Å². The lowest BCUT2D eigenvalue weighted by molar-refractivity contribution is 0.360. The van der Waals surface area contributed by atoms with E-state index in [1.165, 1.54) is 6.34 Å². The van der Waals surface area contributed by atoms with E-state index < -0.39 is 0 Å². The van der Waals surface area contributed by atoms with E-state index in [0.717, 1.165) is 26.2 Å². The third kappa shape index (κ3) is 1.20. The normalized spacial score (nSPS) is 20.8. The zero-order chi connectivity index (χ0) is 5.82. The topological polar surface area (TPSA) is 41.2 Å². The van der Waals surface area contributed by atoms with Crippen molar-refractivity contribution < 1.29 is 0 Å². The Morgan fingerprint density at radius 1 is 1.38 bits per heavy atom. The molecule has 45 valence electrons. The summed E-state index contributed by atoms with van der Waals surface area (Å²) in [7, 11) is 0. The van der Waals surface area contributed by atoms with Gasteiger partial charge in [0, 0.05) is 26.2 Å². The van der Waals surface area contributed by atoms with Gasteiger partial charge in [-0.1, -0.05) is 0 Å². The molecule has 0 amide bonds. The van der Waals surface area contributed by atoms with E-state index in [1.807, 2.05) is 4.90 Å². The molecule has 1 N–H and O–H groups in total. The molecule has 0 saturated carbocycles. The highest BCUT2D eigenvalue weighted by Gasteiger charge is 2.03. The van der Waals surface area contributed by atoms with Gasteiger partial charge in [-0.25, -0.2) is 5.32 Å². The van der Waals surface area contributed by atoms with Gasteiger partial charge in [0.25, 0.3) is 0 Å². The van der Waals surface area contributed by atoms with Crippen molar-refractivity contribution >= 4 is 6.34 Å². The molecule has 0 aliphatic carbocycles. The molecule has 8 heavy (non-hydrogen) atoms. The van der Waals surface area contributed by atoms with Crippen LogP contribution >= 0.6 is 0 Å². The Kier molecular flexibility index (Phi) is 1.86. The van der Waals surface area contributed by atoms with Gasteiger partial charge < -0.3 is 4.90 Å². The highest BCUT2D eigenvalue weighted by atomic mass is 15.2. The lowest BCUT2D eigenvalue weighted by Crippen LogP contribution is -2.38. The number of nitrogens with zero attached hydrogens (tertiary/aromatic N) is 2. The maximum atomic E-state index is 6.86. The highest BCUT2D eigenvalue weighted by molar-refractivity contribution is 5.50. The van der Waals surface area contributed by atoms with E-state index in [-0.39, 0.29) is 0 Å². The average molecular weight is 112 g/mol. The predicted molar refractivity (Wildman–Crippen MR) is 32.2 cm³/mol. The van der Waals surface area contributed by atoms with Gasteiger partial charge in [0.15, 0.2) is 0 Å². The van der Waals surface area contributed by atoms with Crippen molar-refractivity contribution in [2.45, 2.75) is 0 Å². The zero-order valence-electron chi connectivity index (χ0n) is 4.80. The van der Waals surface area contributed by atoms with Crippen LogP contribution in [0.3, 0.4) is 0 Å². The molecule has 1 aliphatic heterocycles. The second kappa shape index (κ2) is 2.67. The molecule has 1 fully saturated rings. The Balaban J connectivity index is 2.22. The molecule has 0 spiro atoms. The second-order valence-electron chi connectivity index (χ2n) is 1.84.